The monoisotopic (exact) mass is 379 g/mol. The minimum absolute atomic E-state index is 0.104. The average Bonchev–Trinajstić information content (AvgIpc) is 3.26. The number of nitrogens with one attached hydrogen (secondary N) is 1. The first-order valence-electron chi connectivity index (χ1n) is 10.1. The molecule has 1 saturated carbocycles. The molecule has 3 aromatic rings. The SMILES string of the molecule is CCCC1(c2cc(OC(CCNC)c3cccs3)cc3ccccc23)CC1. The molecule has 0 saturated heterocycles. The van der Waals surface area contributed by atoms with Gasteiger partial charge in [0.05, 0.1) is 0 Å². The van der Waals surface area contributed by atoms with Crippen LogP contribution in [0.4, 0.5) is 0 Å². The van der Waals surface area contributed by atoms with Crippen molar-refractivity contribution in [2.75, 3.05) is 13.6 Å². The summed E-state index contributed by atoms with van der Waals surface area (Å²) in [7, 11) is 2.00. The van der Waals surface area contributed by atoms with Crippen LogP contribution in [0.25, 0.3) is 10.8 Å². The highest BCUT2D eigenvalue weighted by molar-refractivity contribution is 7.10. The van der Waals surface area contributed by atoms with Crippen LogP contribution in [0, 0.1) is 0 Å². The standard InChI is InChI=1S/C24H29NOS/c1-3-11-24(12-13-24)21-17-19(16-18-7-4-5-8-20(18)21)26-22(10-14-25-2)23-9-6-15-27-23/h4-9,15-17,22,25H,3,10-14H2,1-2H3. The molecule has 1 aliphatic rings. The Balaban J connectivity index is 1.71. The van der Waals surface area contributed by atoms with Crippen LogP contribution in [0.2, 0.25) is 0 Å². The van der Waals surface area contributed by atoms with Crippen molar-refractivity contribution >= 4 is 22.1 Å². The second-order valence-corrected chi connectivity index (χ2v) is 8.72. The molecule has 1 N–H and O–H groups in total. The van der Waals surface area contributed by atoms with Gasteiger partial charge in [0.15, 0.2) is 0 Å². The Morgan fingerprint density at radius 2 is 2.00 bits per heavy atom. The zero-order valence-corrected chi connectivity index (χ0v) is 17.1. The summed E-state index contributed by atoms with van der Waals surface area (Å²) in [4.78, 5) is 1.30. The van der Waals surface area contributed by atoms with Crippen LogP contribution in [0.5, 0.6) is 5.75 Å². The van der Waals surface area contributed by atoms with Crippen LogP contribution in [-0.2, 0) is 5.41 Å². The summed E-state index contributed by atoms with van der Waals surface area (Å²) < 4.78 is 6.58. The topological polar surface area (TPSA) is 21.3 Å². The Morgan fingerprint density at radius 3 is 2.70 bits per heavy atom. The van der Waals surface area contributed by atoms with Crippen molar-refractivity contribution in [2.24, 2.45) is 0 Å². The third-order valence-corrected chi connectivity index (χ3v) is 6.75. The summed E-state index contributed by atoms with van der Waals surface area (Å²) in [6.45, 7) is 3.25. The highest BCUT2D eigenvalue weighted by Crippen LogP contribution is 2.54. The summed E-state index contributed by atoms with van der Waals surface area (Å²) in [5.41, 5.74) is 1.87. The first-order chi connectivity index (χ1) is 13.3. The fourth-order valence-electron chi connectivity index (χ4n) is 4.25. The molecule has 1 unspecified atom stereocenters. The van der Waals surface area contributed by atoms with Gasteiger partial charge >= 0.3 is 0 Å². The molecule has 4 rings (SSSR count). The Labute approximate surface area is 166 Å². The molecule has 1 aromatic heterocycles. The van der Waals surface area contributed by atoms with Crippen molar-refractivity contribution in [1.82, 2.24) is 5.32 Å². The van der Waals surface area contributed by atoms with Gasteiger partial charge in [0, 0.05) is 11.3 Å². The summed E-state index contributed by atoms with van der Waals surface area (Å²) in [5.74, 6) is 1.01. The Bertz CT molecular complexity index is 883. The molecule has 3 heteroatoms. The lowest BCUT2D eigenvalue weighted by atomic mass is 9.87. The number of ether oxygens (including phenoxy) is 1. The van der Waals surface area contributed by atoms with Gasteiger partial charge in [-0.3, -0.25) is 0 Å². The van der Waals surface area contributed by atoms with Crippen LogP contribution < -0.4 is 10.1 Å². The van der Waals surface area contributed by atoms with E-state index in [4.69, 9.17) is 4.74 Å². The number of rotatable bonds is 9. The van der Waals surface area contributed by atoms with Crippen LogP contribution in [0.1, 0.15) is 55.6 Å². The molecule has 142 valence electrons. The lowest BCUT2D eigenvalue weighted by Gasteiger charge is -2.22. The minimum atomic E-state index is 0.104. The number of thiophene rings is 1. The zero-order valence-electron chi connectivity index (χ0n) is 16.3. The summed E-state index contributed by atoms with van der Waals surface area (Å²) in [6.07, 6.45) is 6.20. The van der Waals surface area contributed by atoms with Gasteiger partial charge < -0.3 is 10.1 Å². The maximum Gasteiger partial charge on any atom is 0.134 e. The third kappa shape index (κ3) is 3.90. The molecule has 0 amide bonds. The molecule has 2 nitrogen and oxygen atoms in total. The lowest BCUT2D eigenvalue weighted by molar-refractivity contribution is 0.198. The molecular formula is C24H29NOS. The van der Waals surface area contributed by atoms with Crippen molar-refractivity contribution in [2.45, 2.75) is 50.5 Å². The van der Waals surface area contributed by atoms with Crippen LogP contribution in [0.15, 0.2) is 53.9 Å². The molecule has 1 aliphatic carbocycles. The van der Waals surface area contributed by atoms with Gasteiger partial charge in [0.2, 0.25) is 0 Å². The van der Waals surface area contributed by atoms with E-state index in [-0.39, 0.29) is 6.10 Å². The molecule has 0 spiro atoms. The van der Waals surface area contributed by atoms with E-state index in [9.17, 15) is 0 Å². The Kier molecular flexibility index (Phi) is 5.51. The van der Waals surface area contributed by atoms with E-state index in [1.165, 1.54) is 46.9 Å². The third-order valence-electron chi connectivity index (χ3n) is 5.78. The van der Waals surface area contributed by atoms with Crippen LogP contribution in [0.3, 0.4) is 0 Å². The van der Waals surface area contributed by atoms with Crippen LogP contribution >= 0.6 is 11.3 Å². The Morgan fingerprint density at radius 1 is 1.15 bits per heavy atom. The number of benzene rings is 2. The molecule has 1 fully saturated rings. The van der Waals surface area contributed by atoms with Gasteiger partial charge in [-0.2, -0.15) is 0 Å². The van der Waals surface area contributed by atoms with Crippen molar-refractivity contribution in [1.29, 1.82) is 0 Å². The minimum Gasteiger partial charge on any atom is -0.485 e. The summed E-state index contributed by atoms with van der Waals surface area (Å²) in [6, 6.07) is 17.7. The Hall–Kier alpha value is -1.84. The predicted molar refractivity (Wildman–Crippen MR) is 116 cm³/mol. The molecule has 0 aliphatic heterocycles. The maximum absolute atomic E-state index is 6.58. The van der Waals surface area contributed by atoms with Gasteiger partial charge in [-0.05, 0) is 78.2 Å². The summed E-state index contributed by atoms with van der Waals surface area (Å²) >= 11 is 1.78. The molecular weight excluding hydrogens is 350 g/mol. The molecule has 1 atom stereocenters. The van der Waals surface area contributed by atoms with Gasteiger partial charge in [-0.25, -0.2) is 0 Å². The van der Waals surface area contributed by atoms with E-state index in [1.807, 2.05) is 7.05 Å². The van der Waals surface area contributed by atoms with E-state index >= 15 is 0 Å². The van der Waals surface area contributed by atoms with E-state index < -0.39 is 0 Å². The first-order valence-corrected chi connectivity index (χ1v) is 11.0. The largest absolute Gasteiger partial charge is 0.485 e. The highest BCUT2D eigenvalue weighted by Gasteiger charge is 2.44. The summed E-state index contributed by atoms with van der Waals surface area (Å²) in [5, 5.41) is 8.10. The second-order valence-electron chi connectivity index (χ2n) is 7.74. The number of fused-ring (bicyclic) bond motifs is 1. The van der Waals surface area contributed by atoms with E-state index in [0.29, 0.717) is 5.41 Å². The van der Waals surface area contributed by atoms with Gasteiger partial charge in [0.25, 0.3) is 0 Å². The molecule has 0 bridgehead atoms. The van der Waals surface area contributed by atoms with E-state index in [2.05, 4.69) is 66.2 Å². The maximum atomic E-state index is 6.58. The average molecular weight is 380 g/mol. The predicted octanol–water partition coefficient (Wildman–Crippen LogP) is 6.46. The number of hydrogen-bond acceptors (Lipinski definition) is 3. The van der Waals surface area contributed by atoms with Gasteiger partial charge in [0.1, 0.15) is 11.9 Å². The fraction of sp³-hybridized carbons (Fsp3) is 0.417. The van der Waals surface area contributed by atoms with Gasteiger partial charge in [-0.1, -0.05) is 43.7 Å². The lowest BCUT2D eigenvalue weighted by Crippen LogP contribution is -2.16. The highest BCUT2D eigenvalue weighted by atomic mass is 32.1. The van der Waals surface area contributed by atoms with Gasteiger partial charge in [-0.15, -0.1) is 11.3 Å². The number of hydrogen-bond donors (Lipinski definition) is 1. The van der Waals surface area contributed by atoms with Crippen molar-refractivity contribution in [3.8, 4) is 5.75 Å². The van der Waals surface area contributed by atoms with Crippen LogP contribution in [-0.4, -0.2) is 13.6 Å². The smallest absolute Gasteiger partial charge is 0.134 e. The first kappa shape index (κ1) is 18.5. The quantitative estimate of drug-likeness (QED) is 0.460. The van der Waals surface area contributed by atoms with Crippen molar-refractivity contribution < 1.29 is 4.74 Å². The van der Waals surface area contributed by atoms with Crippen molar-refractivity contribution in [3.05, 3.63) is 64.4 Å². The van der Waals surface area contributed by atoms with Crippen molar-refractivity contribution in [3.63, 3.8) is 0 Å². The normalized spacial score (nSPS) is 16.4. The molecule has 0 radical (unpaired) electrons. The zero-order chi connectivity index (χ0) is 18.7. The van der Waals surface area contributed by atoms with E-state index in [1.54, 1.807) is 11.3 Å². The molecule has 1 heterocycles. The van der Waals surface area contributed by atoms with E-state index in [0.717, 1.165) is 18.7 Å². The fourth-order valence-corrected chi connectivity index (χ4v) is 5.04. The molecule has 2 aromatic carbocycles. The second kappa shape index (κ2) is 8.04. The molecule has 27 heavy (non-hydrogen) atoms.